The number of rotatable bonds is 5. The van der Waals surface area contributed by atoms with Crippen LogP contribution in [0.3, 0.4) is 0 Å². The summed E-state index contributed by atoms with van der Waals surface area (Å²) >= 11 is 0. The highest BCUT2D eigenvalue weighted by Crippen LogP contribution is 2.52. The molecule has 34 heavy (non-hydrogen) atoms. The highest BCUT2D eigenvalue weighted by molar-refractivity contribution is 5.88. The number of fused-ring (bicyclic) bond motifs is 3. The summed E-state index contributed by atoms with van der Waals surface area (Å²) in [6, 6.07) is 3.61. The van der Waals surface area contributed by atoms with Crippen molar-refractivity contribution in [1.29, 1.82) is 0 Å². The molecular weight excluding hydrogens is 433 g/mol. The Labute approximate surface area is 196 Å². The lowest BCUT2D eigenvalue weighted by molar-refractivity contribution is 0.0558. The van der Waals surface area contributed by atoms with E-state index in [0.29, 0.717) is 18.1 Å². The molecule has 0 amide bonds. The predicted molar refractivity (Wildman–Crippen MR) is 126 cm³/mol. The second-order valence-corrected chi connectivity index (χ2v) is 10.1. The fourth-order valence-corrected chi connectivity index (χ4v) is 5.60. The lowest BCUT2D eigenvalue weighted by Gasteiger charge is -2.60. The van der Waals surface area contributed by atoms with Crippen molar-refractivity contribution in [3.8, 4) is 22.9 Å². The molecule has 4 aliphatic rings. The maximum atomic E-state index is 14.5. The zero-order valence-corrected chi connectivity index (χ0v) is 19.0. The van der Waals surface area contributed by atoms with Crippen molar-refractivity contribution in [3.05, 3.63) is 47.4 Å². The summed E-state index contributed by atoms with van der Waals surface area (Å²) < 4.78 is 20.5. The second kappa shape index (κ2) is 7.09. The number of ether oxygens (including phenoxy) is 1. The number of hydrogen-bond acceptors (Lipinski definition) is 8. The summed E-state index contributed by atoms with van der Waals surface area (Å²) in [6.07, 6.45) is 8.46. The minimum Gasteiger partial charge on any atom is -0.421 e. The summed E-state index contributed by atoms with van der Waals surface area (Å²) in [5, 5.41) is 3.12. The smallest absolute Gasteiger partial charge is 0.324 e. The highest BCUT2D eigenvalue weighted by Gasteiger charge is 2.54. The third kappa shape index (κ3) is 2.99. The van der Waals surface area contributed by atoms with Crippen LogP contribution in [0.1, 0.15) is 48.7 Å². The van der Waals surface area contributed by atoms with Gasteiger partial charge in [-0.3, -0.25) is 0 Å². The lowest BCUT2D eigenvalue weighted by atomic mass is 9.60. The molecule has 7 rings (SSSR count). The van der Waals surface area contributed by atoms with Crippen molar-refractivity contribution in [3.63, 3.8) is 0 Å². The largest absolute Gasteiger partial charge is 0.421 e. The second-order valence-electron chi connectivity index (χ2n) is 10.1. The molecule has 1 aliphatic heterocycles. The third-order valence-electron chi connectivity index (χ3n) is 7.89. The number of benzene rings is 1. The van der Waals surface area contributed by atoms with Crippen molar-refractivity contribution in [2.75, 3.05) is 30.4 Å². The molecule has 174 valence electrons. The van der Waals surface area contributed by atoms with E-state index in [-0.39, 0.29) is 23.3 Å². The molecule has 1 saturated heterocycles. The monoisotopic (exact) mass is 459 g/mol. The van der Waals surface area contributed by atoms with Crippen LogP contribution in [-0.4, -0.2) is 46.1 Å². The van der Waals surface area contributed by atoms with Crippen LogP contribution in [0.15, 0.2) is 24.5 Å². The van der Waals surface area contributed by atoms with Gasteiger partial charge >= 0.3 is 6.01 Å². The predicted octanol–water partition coefficient (Wildman–Crippen LogP) is 3.62. The maximum Gasteiger partial charge on any atom is 0.324 e. The van der Waals surface area contributed by atoms with Gasteiger partial charge in [-0.1, -0.05) is 0 Å². The van der Waals surface area contributed by atoms with E-state index in [1.165, 1.54) is 6.07 Å². The van der Waals surface area contributed by atoms with Gasteiger partial charge in [-0.15, -0.1) is 0 Å². The number of nitrogens with one attached hydrogen (secondary N) is 1. The quantitative estimate of drug-likeness (QED) is 0.467. The standard InChI is InChI=1S/C25H26FN7O/c1-28-18-7-14(26)6-17-16(18)8-19-21(17)23(33-11-25(12-33)5-4-20(25)27)32-24(31-19)34-15-9-29-22(30-10-15)13-2-3-13/h6-7,9-10,13,20,28H,2-5,8,11-12,27H2,1H3/t20-/m1/s1. The summed E-state index contributed by atoms with van der Waals surface area (Å²) in [5.41, 5.74) is 10.9. The fourth-order valence-electron chi connectivity index (χ4n) is 5.60. The van der Waals surface area contributed by atoms with E-state index in [1.807, 2.05) is 7.05 Å². The van der Waals surface area contributed by atoms with E-state index in [4.69, 9.17) is 20.4 Å². The summed E-state index contributed by atoms with van der Waals surface area (Å²) in [6.45, 7) is 1.69. The number of halogens is 1. The average molecular weight is 460 g/mol. The van der Waals surface area contributed by atoms with Gasteiger partial charge in [0.25, 0.3) is 0 Å². The van der Waals surface area contributed by atoms with Crippen molar-refractivity contribution >= 4 is 11.5 Å². The van der Waals surface area contributed by atoms with Crippen LogP contribution < -0.4 is 20.7 Å². The van der Waals surface area contributed by atoms with Crippen molar-refractivity contribution < 1.29 is 9.13 Å². The van der Waals surface area contributed by atoms with Crippen LogP contribution in [0.25, 0.3) is 11.1 Å². The number of aromatic nitrogens is 4. The molecule has 2 saturated carbocycles. The number of hydrogen-bond donors (Lipinski definition) is 2. The van der Waals surface area contributed by atoms with E-state index < -0.39 is 0 Å². The summed E-state index contributed by atoms with van der Waals surface area (Å²) in [7, 11) is 1.81. The molecule has 3 aliphatic carbocycles. The molecule has 1 spiro atoms. The Kier molecular flexibility index (Phi) is 4.18. The first-order valence-corrected chi connectivity index (χ1v) is 11.9. The van der Waals surface area contributed by atoms with Gasteiger partial charge < -0.3 is 20.7 Å². The summed E-state index contributed by atoms with van der Waals surface area (Å²) in [5.74, 6) is 2.35. The minimum absolute atomic E-state index is 0.171. The van der Waals surface area contributed by atoms with E-state index >= 15 is 0 Å². The Morgan fingerprint density at radius 3 is 2.59 bits per heavy atom. The Hall–Kier alpha value is -3.33. The molecule has 8 nitrogen and oxygen atoms in total. The van der Waals surface area contributed by atoms with E-state index in [9.17, 15) is 4.39 Å². The topological polar surface area (TPSA) is 102 Å². The van der Waals surface area contributed by atoms with Crippen LogP contribution in [0, 0.1) is 11.2 Å². The van der Waals surface area contributed by atoms with Gasteiger partial charge in [0.05, 0.1) is 18.1 Å². The molecule has 0 bridgehead atoms. The molecule has 1 aromatic carbocycles. The van der Waals surface area contributed by atoms with Crippen LogP contribution in [0.4, 0.5) is 15.9 Å². The maximum absolute atomic E-state index is 14.5. The zero-order chi connectivity index (χ0) is 23.0. The SMILES string of the molecule is CNc1cc(F)cc2c1Cc1nc(Oc3cnc(C4CC4)nc3)nc(N3CC4(CC[C@H]4N)C3)c1-2. The van der Waals surface area contributed by atoms with Crippen LogP contribution >= 0.6 is 0 Å². The first-order chi connectivity index (χ1) is 16.5. The molecule has 3 heterocycles. The van der Waals surface area contributed by atoms with Crippen LogP contribution in [-0.2, 0) is 6.42 Å². The Morgan fingerprint density at radius 1 is 1.15 bits per heavy atom. The average Bonchev–Trinajstić information content (AvgIpc) is 3.58. The Morgan fingerprint density at radius 2 is 1.94 bits per heavy atom. The molecule has 3 N–H and O–H groups in total. The van der Waals surface area contributed by atoms with Gasteiger partial charge in [-0.05, 0) is 48.9 Å². The molecule has 3 aromatic rings. The third-order valence-corrected chi connectivity index (χ3v) is 7.89. The molecule has 0 radical (unpaired) electrons. The molecule has 0 unspecified atom stereocenters. The van der Waals surface area contributed by atoms with Gasteiger partial charge in [0.15, 0.2) is 5.75 Å². The molecular formula is C25H26FN7O. The number of anilines is 2. The Balaban J connectivity index is 1.27. The normalized spacial score (nSPS) is 21.5. The molecule has 3 fully saturated rings. The van der Waals surface area contributed by atoms with Gasteiger partial charge in [-0.2, -0.15) is 9.97 Å². The van der Waals surface area contributed by atoms with Crippen LogP contribution in [0.5, 0.6) is 11.8 Å². The first kappa shape index (κ1) is 20.1. The first-order valence-electron chi connectivity index (χ1n) is 11.9. The number of nitrogens with two attached hydrogens (primary N) is 1. The minimum atomic E-state index is -0.281. The van der Waals surface area contributed by atoms with E-state index in [0.717, 1.165) is 78.5 Å². The van der Waals surface area contributed by atoms with Crippen molar-refractivity contribution in [1.82, 2.24) is 19.9 Å². The zero-order valence-electron chi connectivity index (χ0n) is 19.0. The van der Waals surface area contributed by atoms with Gasteiger partial charge in [0, 0.05) is 55.2 Å². The fraction of sp³-hybridized carbons (Fsp3) is 0.440. The lowest BCUT2D eigenvalue weighted by Crippen LogP contribution is -2.69. The Bertz CT molecular complexity index is 1300. The van der Waals surface area contributed by atoms with Crippen molar-refractivity contribution in [2.45, 2.75) is 44.1 Å². The van der Waals surface area contributed by atoms with Crippen molar-refractivity contribution in [2.24, 2.45) is 11.1 Å². The van der Waals surface area contributed by atoms with Gasteiger partial charge in [-0.25, -0.2) is 14.4 Å². The van der Waals surface area contributed by atoms with E-state index in [2.05, 4.69) is 20.2 Å². The molecule has 1 atom stereocenters. The summed E-state index contributed by atoms with van der Waals surface area (Å²) in [4.78, 5) is 20.7. The van der Waals surface area contributed by atoms with Crippen LogP contribution in [0.2, 0.25) is 0 Å². The van der Waals surface area contributed by atoms with Gasteiger partial charge in [0.1, 0.15) is 17.5 Å². The number of nitrogens with zero attached hydrogens (tertiary/aromatic N) is 5. The van der Waals surface area contributed by atoms with E-state index in [1.54, 1.807) is 18.5 Å². The molecule has 2 aromatic heterocycles. The van der Waals surface area contributed by atoms with Gasteiger partial charge in [0.2, 0.25) is 0 Å². The molecule has 9 heteroatoms. The highest BCUT2D eigenvalue weighted by atomic mass is 19.1.